The molecule has 1 rings (SSSR count). The van der Waals surface area contributed by atoms with Crippen molar-refractivity contribution in [1.82, 2.24) is 4.72 Å². The maximum Gasteiger partial charge on any atom is 0.249 e. The van der Waals surface area contributed by atoms with E-state index in [1.54, 1.807) is 12.1 Å². The van der Waals surface area contributed by atoms with Crippen molar-refractivity contribution in [3.8, 4) is 6.07 Å². The first-order chi connectivity index (χ1) is 7.19. The predicted molar refractivity (Wildman–Crippen MR) is 54.7 cm³/mol. The maximum atomic E-state index is 11.0. The quantitative estimate of drug-likeness (QED) is 0.568. The summed E-state index contributed by atoms with van der Waals surface area (Å²) in [6.45, 7) is 0. The lowest BCUT2D eigenvalue weighted by Gasteiger charge is -2.04. The summed E-state index contributed by atoms with van der Waals surface area (Å²) >= 11 is 0.966. The van der Waals surface area contributed by atoms with Gasteiger partial charge in [-0.3, -0.25) is 14.3 Å². The van der Waals surface area contributed by atoms with Crippen LogP contribution in [0.3, 0.4) is 0 Å². The average molecular weight is 221 g/mol. The van der Waals surface area contributed by atoms with Gasteiger partial charge in [0.2, 0.25) is 12.3 Å². The first-order valence-electron chi connectivity index (χ1n) is 3.89. The molecule has 2 amide bonds. The fraction of sp³-hybridized carbons (Fsp3) is 0. The number of carbonyl (C=O) groups excluding carboxylic acids is 2. The first kappa shape index (κ1) is 11.1. The van der Waals surface area contributed by atoms with Crippen LogP contribution in [-0.4, -0.2) is 12.3 Å². The van der Waals surface area contributed by atoms with Gasteiger partial charge in [0.1, 0.15) is 0 Å². The molecular weight excluding hydrogens is 214 g/mol. The highest BCUT2D eigenvalue weighted by Crippen LogP contribution is 2.20. The van der Waals surface area contributed by atoms with E-state index in [0.29, 0.717) is 16.9 Å². The Balaban J connectivity index is 3.10. The van der Waals surface area contributed by atoms with E-state index in [0.717, 1.165) is 11.9 Å². The van der Waals surface area contributed by atoms with E-state index < -0.39 is 5.91 Å². The van der Waals surface area contributed by atoms with Crippen molar-refractivity contribution in [2.45, 2.75) is 4.90 Å². The molecule has 0 saturated heterocycles. The molecule has 0 atom stereocenters. The molecule has 5 nitrogen and oxygen atoms in total. The normalized spacial score (nSPS) is 9.00. The molecule has 76 valence electrons. The van der Waals surface area contributed by atoms with E-state index in [9.17, 15) is 9.59 Å². The SMILES string of the molecule is N#Cc1ccc(SNC=O)c(C(N)=O)c1. The molecule has 0 radical (unpaired) electrons. The zero-order valence-corrected chi connectivity index (χ0v) is 8.38. The van der Waals surface area contributed by atoms with Gasteiger partial charge in [0.05, 0.1) is 17.2 Å². The molecule has 0 aliphatic rings. The van der Waals surface area contributed by atoms with Crippen LogP contribution >= 0.6 is 11.9 Å². The van der Waals surface area contributed by atoms with Crippen molar-refractivity contribution >= 4 is 24.3 Å². The Hall–Kier alpha value is -2.00. The highest BCUT2D eigenvalue weighted by Gasteiger charge is 2.09. The molecule has 1 aromatic carbocycles. The molecule has 3 N–H and O–H groups in total. The highest BCUT2D eigenvalue weighted by molar-refractivity contribution is 7.98. The van der Waals surface area contributed by atoms with Gasteiger partial charge in [-0.25, -0.2) is 0 Å². The second-order valence-electron chi connectivity index (χ2n) is 2.52. The van der Waals surface area contributed by atoms with Gasteiger partial charge < -0.3 is 5.73 Å². The molecule has 6 heteroatoms. The summed E-state index contributed by atoms with van der Waals surface area (Å²) in [4.78, 5) is 21.6. The molecular formula is C9H7N3O2S. The molecule has 1 aromatic rings. The molecule has 0 spiro atoms. The molecule has 0 heterocycles. The summed E-state index contributed by atoms with van der Waals surface area (Å²) in [5.74, 6) is -0.637. The second-order valence-corrected chi connectivity index (χ2v) is 3.40. The van der Waals surface area contributed by atoms with Crippen LogP contribution in [0, 0.1) is 11.3 Å². The first-order valence-corrected chi connectivity index (χ1v) is 4.70. The largest absolute Gasteiger partial charge is 0.366 e. The van der Waals surface area contributed by atoms with E-state index in [-0.39, 0.29) is 5.56 Å². The van der Waals surface area contributed by atoms with Crippen LogP contribution in [0.4, 0.5) is 0 Å². The third-order valence-corrected chi connectivity index (χ3v) is 2.38. The molecule has 15 heavy (non-hydrogen) atoms. The molecule has 0 aliphatic carbocycles. The van der Waals surface area contributed by atoms with Crippen molar-refractivity contribution in [2.75, 3.05) is 0 Å². The van der Waals surface area contributed by atoms with E-state index in [1.165, 1.54) is 6.07 Å². The summed E-state index contributed by atoms with van der Waals surface area (Å²) in [7, 11) is 0. The number of hydrogen-bond donors (Lipinski definition) is 2. The summed E-state index contributed by atoms with van der Waals surface area (Å²) in [5.41, 5.74) is 5.69. The van der Waals surface area contributed by atoms with Gasteiger partial charge in [0, 0.05) is 4.90 Å². The van der Waals surface area contributed by atoms with Gasteiger partial charge >= 0.3 is 0 Å². The lowest BCUT2D eigenvalue weighted by molar-refractivity contribution is -0.107. The van der Waals surface area contributed by atoms with E-state index in [2.05, 4.69) is 4.72 Å². The van der Waals surface area contributed by atoms with Crippen LogP contribution in [0.15, 0.2) is 23.1 Å². The Morgan fingerprint density at radius 1 is 1.60 bits per heavy atom. The topological polar surface area (TPSA) is 96.0 Å². The number of primary amides is 1. The smallest absolute Gasteiger partial charge is 0.249 e. The van der Waals surface area contributed by atoms with Crippen molar-refractivity contribution < 1.29 is 9.59 Å². The number of amides is 2. The molecule has 0 aliphatic heterocycles. The standard InChI is InChI=1S/C9H7N3O2S/c10-4-6-1-2-8(15-12-5-13)7(3-6)9(11)14/h1-3,5H,(H2,11,14)(H,12,13). The van der Waals surface area contributed by atoms with Crippen LogP contribution in [-0.2, 0) is 4.79 Å². The van der Waals surface area contributed by atoms with Gasteiger partial charge in [-0.1, -0.05) is 0 Å². The Labute approximate surface area is 90.4 Å². The van der Waals surface area contributed by atoms with Crippen molar-refractivity contribution in [3.05, 3.63) is 29.3 Å². The summed E-state index contributed by atoms with van der Waals surface area (Å²) in [6.07, 6.45) is 0.494. The minimum absolute atomic E-state index is 0.216. The van der Waals surface area contributed by atoms with Crippen LogP contribution in [0.25, 0.3) is 0 Å². The Bertz CT molecular complexity index is 439. The summed E-state index contributed by atoms with van der Waals surface area (Å²) in [5, 5.41) is 8.63. The number of nitrogens with one attached hydrogen (secondary N) is 1. The van der Waals surface area contributed by atoms with Crippen LogP contribution in [0.1, 0.15) is 15.9 Å². The molecule has 0 bridgehead atoms. The van der Waals surface area contributed by atoms with E-state index in [4.69, 9.17) is 11.0 Å². The monoisotopic (exact) mass is 221 g/mol. The number of carbonyl (C=O) groups is 2. The highest BCUT2D eigenvalue weighted by atomic mass is 32.2. The van der Waals surface area contributed by atoms with Crippen molar-refractivity contribution in [2.24, 2.45) is 5.73 Å². The van der Waals surface area contributed by atoms with Gasteiger partial charge in [-0.05, 0) is 30.1 Å². The van der Waals surface area contributed by atoms with Crippen LogP contribution < -0.4 is 10.5 Å². The Morgan fingerprint density at radius 3 is 2.87 bits per heavy atom. The third-order valence-electron chi connectivity index (χ3n) is 1.59. The van der Waals surface area contributed by atoms with Gasteiger partial charge in [-0.2, -0.15) is 5.26 Å². The number of rotatable bonds is 4. The third kappa shape index (κ3) is 2.72. The Kier molecular flexibility index (Phi) is 3.71. The summed E-state index contributed by atoms with van der Waals surface area (Å²) < 4.78 is 2.34. The predicted octanol–water partition coefficient (Wildman–Crippen LogP) is 0.410. The molecule has 0 fully saturated rings. The van der Waals surface area contributed by atoms with Crippen LogP contribution in [0.2, 0.25) is 0 Å². The fourth-order valence-electron chi connectivity index (χ4n) is 0.969. The number of nitrogens with two attached hydrogens (primary N) is 1. The van der Waals surface area contributed by atoms with Gasteiger partial charge in [0.15, 0.2) is 0 Å². The summed E-state index contributed by atoms with van der Waals surface area (Å²) in [6, 6.07) is 6.38. The lowest BCUT2D eigenvalue weighted by Crippen LogP contribution is -2.13. The van der Waals surface area contributed by atoms with Gasteiger partial charge in [0.25, 0.3) is 0 Å². The minimum atomic E-state index is -0.637. The minimum Gasteiger partial charge on any atom is -0.366 e. The zero-order chi connectivity index (χ0) is 11.3. The average Bonchev–Trinajstić information content (AvgIpc) is 2.26. The molecule has 0 aromatic heterocycles. The molecule has 0 saturated carbocycles. The number of nitriles is 1. The Morgan fingerprint density at radius 2 is 2.33 bits per heavy atom. The van der Waals surface area contributed by atoms with E-state index >= 15 is 0 Å². The number of nitrogens with zero attached hydrogens (tertiary/aromatic N) is 1. The zero-order valence-electron chi connectivity index (χ0n) is 7.56. The van der Waals surface area contributed by atoms with E-state index in [1.807, 2.05) is 6.07 Å². The van der Waals surface area contributed by atoms with Crippen LogP contribution in [0.5, 0.6) is 0 Å². The molecule has 0 unspecified atom stereocenters. The van der Waals surface area contributed by atoms with Gasteiger partial charge in [-0.15, -0.1) is 0 Å². The van der Waals surface area contributed by atoms with Crippen molar-refractivity contribution in [1.29, 1.82) is 5.26 Å². The number of benzene rings is 1. The van der Waals surface area contributed by atoms with Crippen molar-refractivity contribution in [3.63, 3.8) is 0 Å². The lowest BCUT2D eigenvalue weighted by atomic mass is 10.1. The fourth-order valence-corrected chi connectivity index (χ4v) is 1.55. The second kappa shape index (κ2) is 5.02. The number of hydrogen-bond acceptors (Lipinski definition) is 4. The maximum absolute atomic E-state index is 11.0.